The van der Waals surface area contributed by atoms with Crippen molar-refractivity contribution in [1.82, 2.24) is 19.8 Å². The van der Waals surface area contributed by atoms with Gasteiger partial charge in [-0.25, -0.2) is 9.37 Å². The fourth-order valence-corrected chi connectivity index (χ4v) is 6.29. The molecular weight excluding hydrogens is 573 g/mol. The van der Waals surface area contributed by atoms with Gasteiger partial charge >= 0.3 is 5.97 Å². The first-order valence-corrected chi connectivity index (χ1v) is 15.8. The number of ether oxygens (including phenoxy) is 2. The molecule has 4 aromatic rings. The first kappa shape index (κ1) is 30.9. The summed E-state index contributed by atoms with van der Waals surface area (Å²) < 4.78 is 27.0. The van der Waals surface area contributed by atoms with Gasteiger partial charge in [0, 0.05) is 55.2 Å². The molecule has 1 atom stereocenters. The van der Waals surface area contributed by atoms with Crippen molar-refractivity contribution in [3.8, 4) is 16.9 Å². The van der Waals surface area contributed by atoms with Crippen LogP contribution < -0.4 is 10.1 Å². The van der Waals surface area contributed by atoms with Crippen molar-refractivity contribution >= 4 is 28.4 Å². The minimum atomic E-state index is -0.768. The van der Waals surface area contributed by atoms with Gasteiger partial charge in [-0.2, -0.15) is 0 Å². The molecular formula is C35H40FN5O4. The van der Waals surface area contributed by atoms with Gasteiger partial charge in [0.05, 0.1) is 19.8 Å². The molecule has 0 amide bonds. The number of morpholine rings is 1. The Labute approximate surface area is 263 Å². The van der Waals surface area contributed by atoms with E-state index in [0.29, 0.717) is 36.5 Å². The maximum atomic E-state index is 15.7. The summed E-state index contributed by atoms with van der Waals surface area (Å²) in [4.78, 5) is 25.4. The van der Waals surface area contributed by atoms with Crippen LogP contribution in [-0.4, -0.2) is 82.9 Å². The number of rotatable bonds is 11. The SMILES string of the molecule is Cc1c(Nc2nccc3cc(CN4CCCCC4C(=O)O)cnc23)cccc1-c1cccc(OCCCN2CCOCC2)c1F. The Kier molecular flexibility index (Phi) is 9.83. The van der Waals surface area contributed by atoms with Crippen molar-refractivity contribution in [2.45, 2.75) is 45.2 Å². The second-order valence-corrected chi connectivity index (χ2v) is 11.8. The Morgan fingerprint density at radius 1 is 1.09 bits per heavy atom. The molecule has 1 unspecified atom stereocenters. The number of carboxylic acid groups (broad SMARTS) is 1. The summed E-state index contributed by atoms with van der Waals surface area (Å²) in [6.07, 6.45) is 6.95. The number of pyridine rings is 2. The summed E-state index contributed by atoms with van der Waals surface area (Å²) >= 11 is 0. The standard InChI is InChI=1S/C35H40FN5O4/c1-24-27(28-8-5-11-31(32(28)36)45-18-6-14-40-16-19-44-20-17-40)7-4-9-29(24)39-34-33-26(12-13-37-34)21-25(22-38-33)23-41-15-3-2-10-30(41)35(42)43/h4-5,7-9,11-13,21-22,30H,2-3,6,10,14-20,23H2,1H3,(H,37,39)(H,42,43). The Morgan fingerprint density at radius 3 is 2.76 bits per heavy atom. The number of aromatic nitrogens is 2. The number of hydrogen-bond acceptors (Lipinski definition) is 8. The van der Waals surface area contributed by atoms with E-state index in [1.54, 1.807) is 24.5 Å². The summed E-state index contributed by atoms with van der Waals surface area (Å²) in [5, 5.41) is 14.0. The Morgan fingerprint density at radius 2 is 1.91 bits per heavy atom. The molecule has 10 heteroatoms. The van der Waals surface area contributed by atoms with Gasteiger partial charge in [-0.1, -0.05) is 30.7 Å². The average Bonchev–Trinajstić information content (AvgIpc) is 3.05. The van der Waals surface area contributed by atoms with Crippen molar-refractivity contribution in [3.63, 3.8) is 0 Å². The molecule has 4 heterocycles. The van der Waals surface area contributed by atoms with Crippen LogP contribution in [0.15, 0.2) is 60.9 Å². The number of aliphatic carboxylic acids is 1. The van der Waals surface area contributed by atoms with E-state index in [1.807, 2.05) is 48.2 Å². The van der Waals surface area contributed by atoms with Crippen LogP contribution in [0.3, 0.4) is 0 Å². The summed E-state index contributed by atoms with van der Waals surface area (Å²) in [5.74, 6) is -0.295. The lowest BCUT2D eigenvalue weighted by atomic mass is 9.98. The molecule has 2 aromatic carbocycles. The molecule has 0 bridgehead atoms. The molecule has 2 fully saturated rings. The fourth-order valence-electron chi connectivity index (χ4n) is 6.29. The third kappa shape index (κ3) is 7.24. The molecule has 2 saturated heterocycles. The second kappa shape index (κ2) is 14.3. The maximum absolute atomic E-state index is 15.7. The van der Waals surface area contributed by atoms with Crippen molar-refractivity contribution < 1.29 is 23.8 Å². The summed E-state index contributed by atoms with van der Waals surface area (Å²) in [6, 6.07) is 14.5. The molecule has 236 valence electrons. The Balaban J connectivity index is 1.17. The van der Waals surface area contributed by atoms with Crippen LogP contribution in [0.1, 0.15) is 36.8 Å². The highest BCUT2D eigenvalue weighted by Crippen LogP contribution is 2.35. The molecule has 2 aliphatic heterocycles. The number of hydrogen-bond donors (Lipinski definition) is 2. The van der Waals surface area contributed by atoms with Crippen LogP contribution in [0, 0.1) is 12.7 Å². The summed E-state index contributed by atoms with van der Waals surface area (Å²) in [7, 11) is 0. The summed E-state index contributed by atoms with van der Waals surface area (Å²) in [6.45, 7) is 7.97. The molecule has 2 N–H and O–H groups in total. The lowest BCUT2D eigenvalue weighted by Gasteiger charge is -2.32. The number of carbonyl (C=O) groups is 1. The zero-order valence-corrected chi connectivity index (χ0v) is 25.7. The largest absolute Gasteiger partial charge is 0.490 e. The maximum Gasteiger partial charge on any atom is 0.320 e. The molecule has 9 nitrogen and oxygen atoms in total. The highest BCUT2D eigenvalue weighted by molar-refractivity contribution is 5.91. The molecule has 2 aromatic heterocycles. The van der Waals surface area contributed by atoms with E-state index in [-0.39, 0.29) is 11.6 Å². The Hall–Kier alpha value is -4.12. The highest BCUT2D eigenvalue weighted by Gasteiger charge is 2.28. The number of piperidine rings is 1. The predicted molar refractivity (Wildman–Crippen MR) is 172 cm³/mol. The van der Waals surface area contributed by atoms with Crippen LogP contribution in [0.5, 0.6) is 5.75 Å². The van der Waals surface area contributed by atoms with Gasteiger partial charge in [0.25, 0.3) is 0 Å². The topological polar surface area (TPSA) is 100 Å². The number of nitrogens with one attached hydrogen (secondary N) is 1. The summed E-state index contributed by atoms with van der Waals surface area (Å²) in [5.41, 5.74) is 4.59. The number of nitrogens with zero attached hydrogens (tertiary/aromatic N) is 4. The minimum absolute atomic E-state index is 0.252. The van der Waals surface area contributed by atoms with Crippen molar-refractivity contribution in [3.05, 3.63) is 77.9 Å². The predicted octanol–water partition coefficient (Wildman–Crippen LogP) is 6.03. The molecule has 2 aliphatic rings. The Bertz CT molecular complexity index is 1640. The molecule has 0 radical (unpaired) electrons. The normalized spacial score (nSPS) is 17.8. The van der Waals surface area contributed by atoms with Crippen LogP contribution in [0.2, 0.25) is 0 Å². The van der Waals surface area contributed by atoms with Crippen LogP contribution in [-0.2, 0) is 16.1 Å². The molecule has 0 saturated carbocycles. The fraction of sp³-hybridized carbons (Fsp3) is 0.400. The third-order valence-corrected chi connectivity index (χ3v) is 8.76. The van der Waals surface area contributed by atoms with E-state index in [4.69, 9.17) is 14.5 Å². The van der Waals surface area contributed by atoms with Gasteiger partial charge in [0.15, 0.2) is 17.4 Å². The third-order valence-electron chi connectivity index (χ3n) is 8.76. The monoisotopic (exact) mass is 613 g/mol. The smallest absolute Gasteiger partial charge is 0.320 e. The van der Waals surface area contributed by atoms with Crippen LogP contribution >= 0.6 is 0 Å². The number of carboxylic acids is 1. The van der Waals surface area contributed by atoms with Crippen molar-refractivity contribution in [1.29, 1.82) is 0 Å². The van der Waals surface area contributed by atoms with Crippen molar-refractivity contribution in [2.24, 2.45) is 0 Å². The number of benzene rings is 2. The van der Waals surface area contributed by atoms with E-state index < -0.39 is 12.0 Å². The van der Waals surface area contributed by atoms with E-state index >= 15 is 4.39 Å². The lowest BCUT2D eigenvalue weighted by molar-refractivity contribution is -0.144. The molecule has 0 spiro atoms. The van der Waals surface area contributed by atoms with E-state index in [0.717, 1.165) is 86.4 Å². The number of halogens is 1. The first-order chi connectivity index (χ1) is 22.0. The van der Waals surface area contributed by atoms with Gasteiger partial charge in [-0.05, 0) is 73.7 Å². The van der Waals surface area contributed by atoms with Gasteiger partial charge in [-0.3, -0.25) is 19.6 Å². The van der Waals surface area contributed by atoms with Gasteiger partial charge in [0.2, 0.25) is 0 Å². The number of likely N-dealkylation sites (tertiary alicyclic amines) is 1. The van der Waals surface area contributed by atoms with E-state index in [1.165, 1.54) is 0 Å². The lowest BCUT2D eigenvalue weighted by Crippen LogP contribution is -2.44. The van der Waals surface area contributed by atoms with E-state index in [2.05, 4.69) is 15.2 Å². The minimum Gasteiger partial charge on any atom is -0.490 e. The zero-order valence-electron chi connectivity index (χ0n) is 25.7. The number of fused-ring (bicyclic) bond motifs is 1. The van der Waals surface area contributed by atoms with Gasteiger partial charge in [-0.15, -0.1) is 0 Å². The highest BCUT2D eigenvalue weighted by atomic mass is 19.1. The second-order valence-electron chi connectivity index (χ2n) is 11.8. The molecule has 6 rings (SSSR count). The molecule has 0 aliphatic carbocycles. The van der Waals surface area contributed by atoms with Crippen LogP contribution in [0.4, 0.5) is 15.9 Å². The quantitative estimate of drug-likeness (QED) is 0.197. The van der Waals surface area contributed by atoms with Crippen LogP contribution in [0.25, 0.3) is 22.0 Å². The zero-order chi connectivity index (χ0) is 31.2. The molecule has 45 heavy (non-hydrogen) atoms. The van der Waals surface area contributed by atoms with Gasteiger partial charge in [0.1, 0.15) is 11.6 Å². The van der Waals surface area contributed by atoms with Crippen molar-refractivity contribution in [2.75, 3.05) is 51.3 Å². The first-order valence-electron chi connectivity index (χ1n) is 15.8. The van der Waals surface area contributed by atoms with Gasteiger partial charge < -0.3 is 19.9 Å². The van der Waals surface area contributed by atoms with E-state index in [9.17, 15) is 9.90 Å². The average molecular weight is 614 g/mol. The number of anilines is 2.